The number of aryl methyl sites for hydroxylation is 1. The van der Waals surface area contributed by atoms with Crippen LogP contribution in [0.3, 0.4) is 0 Å². The maximum Gasteiger partial charge on any atom is 0.347 e. The van der Waals surface area contributed by atoms with Crippen molar-refractivity contribution in [2.24, 2.45) is 7.05 Å². The van der Waals surface area contributed by atoms with Gasteiger partial charge in [0, 0.05) is 19.3 Å². The fraction of sp³-hybridized carbons (Fsp3) is 0.417. The number of hydrogen-bond acceptors (Lipinski definition) is 6. The van der Waals surface area contributed by atoms with Crippen molar-refractivity contribution < 1.29 is 19.1 Å². The Bertz CT molecular complexity index is 459. The minimum atomic E-state index is -0.726. The Kier molecular flexibility index (Phi) is 5.59. The summed E-state index contributed by atoms with van der Waals surface area (Å²) in [5.74, 6) is -0.822. The molecule has 0 aromatic carbocycles. The Balaban J connectivity index is 2.86. The van der Waals surface area contributed by atoms with Crippen LogP contribution in [-0.4, -0.2) is 34.9 Å². The average Bonchev–Trinajstić information content (AvgIpc) is 2.76. The zero-order chi connectivity index (χ0) is 14.3. The van der Waals surface area contributed by atoms with Crippen molar-refractivity contribution in [3.05, 3.63) is 24.0 Å². The van der Waals surface area contributed by atoms with E-state index in [1.807, 2.05) is 0 Å². The molecule has 0 aliphatic rings. The van der Waals surface area contributed by atoms with Crippen molar-refractivity contribution in [2.75, 3.05) is 18.5 Å². The second-order valence-electron chi connectivity index (χ2n) is 3.48. The van der Waals surface area contributed by atoms with Crippen LogP contribution in [-0.2, 0) is 26.1 Å². The Morgan fingerprint density at radius 3 is 2.32 bits per heavy atom. The Hall–Kier alpha value is -2.31. The number of hydrogen-bond donors (Lipinski definition) is 1. The van der Waals surface area contributed by atoms with Crippen molar-refractivity contribution in [2.45, 2.75) is 13.8 Å². The lowest BCUT2D eigenvalue weighted by Gasteiger charge is -2.07. The largest absolute Gasteiger partial charge is 0.462 e. The molecule has 0 bridgehead atoms. The van der Waals surface area contributed by atoms with Gasteiger partial charge in [0.25, 0.3) is 0 Å². The van der Waals surface area contributed by atoms with E-state index in [2.05, 4.69) is 10.4 Å². The smallest absolute Gasteiger partial charge is 0.347 e. The van der Waals surface area contributed by atoms with E-state index in [4.69, 9.17) is 9.47 Å². The highest BCUT2D eigenvalue weighted by Gasteiger charge is 2.20. The minimum Gasteiger partial charge on any atom is -0.462 e. The van der Waals surface area contributed by atoms with E-state index < -0.39 is 11.9 Å². The van der Waals surface area contributed by atoms with Gasteiger partial charge in [0.1, 0.15) is 5.82 Å². The highest BCUT2D eigenvalue weighted by atomic mass is 16.6. The number of aromatic nitrogens is 2. The maximum atomic E-state index is 11.7. The molecule has 0 saturated carbocycles. The lowest BCUT2D eigenvalue weighted by molar-refractivity contribution is -0.146. The molecular weight excluding hydrogens is 250 g/mol. The summed E-state index contributed by atoms with van der Waals surface area (Å²) in [5, 5.41) is 6.76. The average molecular weight is 267 g/mol. The second kappa shape index (κ2) is 7.20. The van der Waals surface area contributed by atoms with Crippen molar-refractivity contribution in [3.8, 4) is 0 Å². The third-order valence-electron chi connectivity index (χ3n) is 2.18. The van der Waals surface area contributed by atoms with Crippen molar-refractivity contribution in [3.63, 3.8) is 0 Å². The van der Waals surface area contributed by atoms with Gasteiger partial charge >= 0.3 is 11.9 Å². The molecule has 0 aliphatic heterocycles. The van der Waals surface area contributed by atoms with Gasteiger partial charge in [-0.05, 0) is 13.8 Å². The van der Waals surface area contributed by atoms with Gasteiger partial charge in [0.2, 0.25) is 0 Å². The van der Waals surface area contributed by atoms with Crippen LogP contribution in [0.2, 0.25) is 0 Å². The van der Waals surface area contributed by atoms with Crippen molar-refractivity contribution >= 4 is 17.8 Å². The monoisotopic (exact) mass is 267 g/mol. The third kappa shape index (κ3) is 4.13. The molecule has 1 aromatic rings. The quantitative estimate of drug-likeness (QED) is 0.356. The van der Waals surface area contributed by atoms with Crippen LogP contribution in [0.5, 0.6) is 0 Å². The molecule has 0 unspecified atom stereocenters. The number of rotatable bonds is 6. The SMILES string of the molecule is CCOC(=O)C(=CNc1ccnn1C)C(=O)OCC. The molecule has 0 atom stereocenters. The Morgan fingerprint density at radius 1 is 1.32 bits per heavy atom. The molecule has 0 radical (unpaired) electrons. The standard InChI is InChI=1S/C12H17N3O4/c1-4-18-11(16)9(12(17)19-5-2)8-13-10-6-7-14-15(10)3/h6-8,13H,4-5H2,1-3H3. The molecule has 1 rings (SSSR count). The van der Waals surface area contributed by atoms with Crippen molar-refractivity contribution in [1.29, 1.82) is 0 Å². The van der Waals surface area contributed by atoms with Gasteiger partial charge in [-0.15, -0.1) is 0 Å². The first-order valence-electron chi connectivity index (χ1n) is 5.89. The van der Waals surface area contributed by atoms with Gasteiger partial charge in [-0.3, -0.25) is 4.68 Å². The molecule has 1 aromatic heterocycles. The third-order valence-corrected chi connectivity index (χ3v) is 2.18. The zero-order valence-corrected chi connectivity index (χ0v) is 11.2. The van der Waals surface area contributed by atoms with Crippen LogP contribution in [0, 0.1) is 0 Å². The van der Waals surface area contributed by atoms with Crippen molar-refractivity contribution in [1.82, 2.24) is 9.78 Å². The van der Waals surface area contributed by atoms with Crippen LogP contribution in [0.15, 0.2) is 24.0 Å². The van der Waals surface area contributed by atoms with Gasteiger partial charge in [0.05, 0.1) is 19.4 Å². The molecule has 1 heterocycles. The highest BCUT2D eigenvalue weighted by Crippen LogP contribution is 2.07. The van der Waals surface area contributed by atoms with E-state index in [-0.39, 0.29) is 18.8 Å². The van der Waals surface area contributed by atoms with Crippen LogP contribution in [0.25, 0.3) is 0 Å². The van der Waals surface area contributed by atoms with Gasteiger partial charge in [-0.1, -0.05) is 0 Å². The topological polar surface area (TPSA) is 82.5 Å². The number of carbonyl (C=O) groups excluding carboxylic acids is 2. The summed E-state index contributed by atoms with van der Waals surface area (Å²) in [6.07, 6.45) is 2.84. The molecule has 19 heavy (non-hydrogen) atoms. The van der Waals surface area contributed by atoms with Gasteiger partial charge in [-0.25, -0.2) is 9.59 Å². The summed E-state index contributed by atoms with van der Waals surface area (Å²) in [6.45, 7) is 3.69. The summed E-state index contributed by atoms with van der Waals surface area (Å²) in [6, 6.07) is 1.70. The fourth-order valence-electron chi connectivity index (χ4n) is 1.28. The molecular formula is C12H17N3O4. The van der Waals surface area contributed by atoms with Gasteiger partial charge < -0.3 is 14.8 Å². The summed E-state index contributed by atoms with van der Waals surface area (Å²) in [7, 11) is 1.73. The highest BCUT2D eigenvalue weighted by molar-refractivity contribution is 6.14. The van der Waals surface area contributed by atoms with E-state index in [1.165, 1.54) is 6.20 Å². The number of esters is 2. The number of ether oxygens (including phenoxy) is 2. The summed E-state index contributed by atoms with van der Waals surface area (Å²) in [4.78, 5) is 23.3. The van der Waals surface area contributed by atoms with Crippen LogP contribution < -0.4 is 5.32 Å². The number of carbonyl (C=O) groups is 2. The van der Waals surface area contributed by atoms with E-state index in [0.717, 1.165) is 0 Å². The van der Waals surface area contributed by atoms with Crippen LogP contribution >= 0.6 is 0 Å². The predicted molar refractivity (Wildman–Crippen MR) is 68.2 cm³/mol. The maximum absolute atomic E-state index is 11.7. The first kappa shape index (κ1) is 14.7. The normalized spacial score (nSPS) is 9.63. The van der Waals surface area contributed by atoms with Crippen LogP contribution in [0.1, 0.15) is 13.8 Å². The first-order valence-corrected chi connectivity index (χ1v) is 5.89. The molecule has 104 valence electrons. The number of nitrogens with zero attached hydrogens (tertiary/aromatic N) is 2. The molecule has 0 spiro atoms. The first-order chi connectivity index (χ1) is 9.10. The predicted octanol–water partition coefficient (Wildman–Crippen LogP) is 0.842. The molecule has 7 heteroatoms. The molecule has 0 aliphatic carbocycles. The van der Waals surface area contributed by atoms with E-state index in [0.29, 0.717) is 5.82 Å². The van der Waals surface area contributed by atoms with E-state index in [1.54, 1.807) is 37.8 Å². The summed E-state index contributed by atoms with van der Waals surface area (Å²) in [5.41, 5.74) is -0.190. The number of nitrogens with one attached hydrogen (secondary N) is 1. The summed E-state index contributed by atoms with van der Waals surface area (Å²) < 4.78 is 11.2. The Morgan fingerprint density at radius 2 is 1.89 bits per heavy atom. The fourth-order valence-corrected chi connectivity index (χ4v) is 1.28. The lowest BCUT2D eigenvalue weighted by Crippen LogP contribution is -2.19. The summed E-state index contributed by atoms with van der Waals surface area (Å²) >= 11 is 0. The van der Waals surface area contributed by atoms with Gasteiger partial charge in [0.15, 0.2) is 5.57 Å². The molecule has 7 nitrogen and oxygen atoms in total. The molecule has 0 amide bonds. The lowest BCUT2D eigenvalue weighted by atomic mass is 10.3. The number of anilines is 1. The molecule has 0 saturated heterocycles. The Labute approximate surface area is 111 Å². The second-order valence-corrected chi connectivity index (χ2v) is 3.48. The molecule has 0 fully saturated rings. The zero-order valence-electron chi connectivity index (χ0n) is 11.2. The minimum absolute atomic E-state index is 0.182. The van der Waals surface area contributed by atoms with E-state index in [9.17, 15) is 9.59 Å². The van der Waals surface area contributed by atoms with Gasteiger partial charge in [-0.2, -0.15) is 5.10 Å². The van der Waals surface area contributed by atoms with E-state index >= 15 is 0 Å². The molecule has 1 N–H and O–H groups in total. The van der Waals surface area contributed by atoms with Crippen LogP contribution in [0.4, 0.5) is 5.82 Å².